The lowest BCUT2D eigenvalue weighted by Gasteiger charge is -2.09. The predicted molar refractivity (Wildman–Crippen MR) is 100.0 cm³/mol. The summed E-state index contributed by atoms with van der Waals surface area (Å²) in [5.74, 6) is 1.14. The fourth-order valence-corrected chi connectivity index (χ4v) is 2.56. The molecular formula is C18H17FN4O2S. The van der Waals surface area contributed by atoms with Gasteiger partial charge in [0.1, 0.15) is 5.82 Å². The maximum Gasteiger partial charge on any atom is 0.216 e. The Labute approximate surface area is 154 Å². The molecule has 0 saturated carbocycles. The van der Waals surface area contributed by atoms with Crippen LogP contribution in [0.4, 0.5) is 4.39 Å². The van der Waals surface area contributed by atoms with Crippen LogP contribution in [0, 0.1) is 10.6 Å². The summed E-state index contributed by atoms with van der Waals surface area (Å²) in [5, 5.41) is 11.1. The van der Waals surface area contributed by atoms with E-state index in [-0.39, 0.29) is 4.77 Å². The third kappa shape index (κ3) is 3.65. The lowest BCUT2D eigenvalue weighted by atomic mass is 10.2. The molecule has 0 amide bonds. The molecule has 0 aliphatic carbocycles. The van der Waals surface area contributed by atoms with Crippen LogP contribution in [-0.2, 0) is 0 Å². The zero-order valence-electron chi connectivity index (χ0n) is 14.3. The van der Waals surface area contributed by atoms with E-state index in [1.807, 2.05) is 13.0 Å². The van der Waals surface area contributed by atoms with Gasteiger partial charge < -0.3 is 9.47 Å². The topological polar surface area (TPSA) is 64.4 Å². The largest absolute Gasteiger partial charge is 0.493 e. The molecular weight excluding hydrogens is 355 g/mol. The Morgan fingerprint density at radius 1 is 1.27 bits per heavy atom. The summed E-state index contributed by atoms with van der Waals surface area (Å²) in [6.07, 6.45) is 1.59. The molecule has 0 radical (unpaired) electrons. The van der Waals surface area contributed by atoms with Gasteiger partial charge in [0.25, 0.3) is 0 Å². The number of hydrogen-bond acceptors (Lipinski definition) is 5. The van der Waals surface area contributed by atoms with E-state index in [1.54, 1.807) is 43.7 Å². The molecule has 1 N–H and O–H groups in total. The average molecular weight is 372 g/mol. The van der Waals surface area contributed by atoms with Crippen LogP contribution in [0.5, 0.6) is 11.5 Å². The molecule has 0 aliphatic heterocycles. The van der Waals surface area contributed by atoms with E-state index in [2.05, 4.69) is 15.3 Å². The van der Waals surface area contributed by atoms with Gasteiger partial charge in [-0.05, 0) is 55.0 Å². The third-order valence-corrected chi connectivity index (χ3v) is 3.84. The van der Waals surface area contributed by atoms with Crippen LogP contribution in [0.1, 0.15) is 12.5 Å². The molecule has 1 heterocycles. The molecule has 134 valence electrons. The monoisotopic (exact) mass is 372 g/mol. The third-order valence-electron chi connectivity index (χ3n) is 3.57. The van der Waals surface area contributed by atoms with Crippen molar-refractivity contribution in [3.8, 4) is 22.9 Å². The van der Waals surface area contributed by atoms with E-state index in [1.165, 1.54) is 10.7 Å². The molecule has 26 heavy (non-hydrogen) atoms. The van der Waals surface area contributed by atoms with Crippen LogP contribution in [0.25, 0.3) is 11.4 Å². The number of aromatic amines is 1. The quantitative estimate of drug-likeness (QED) is 0.524. The van der Waals surface area contributed by atoms with Crippen LogP contribution >= 0.6 is 12.2 Å². The highest BCUT2D eigenvalue weighted by Crippen LogP contribution is 2.27. The number of H-pyrrole nitrogens is 1. The van der Waals surface area contributed by atoms with E-state index in [0.717, 1.165) is 5.56 Å². The minimum Gasteiger partial charge on any atom is -0.493 e. The fraction of sp³-hybridized carbons (Fsp3) is 0.167. The molecule has 2 aromatic carbocycles. The van der Waals surface area contributed by atoms with Gasteiger partial charge in [0.05, 0.1) is 25.5 Å². The summed E-state index contributed by atoms with van der Waals surface area (Å²) in [6.45, 7) is 2.44. The van der Waals surface area contributed by atoms with Crippen molar-refractivity contribution in [2.45, 2.75) is 6.92 Å². The highest BCUT2D eigenvalue weighted by atomic mass is 32.1. The van der Waals surface area contributed by atoms with Gasteiger partial charge in [-0.1, -0.05) is 12.1 Å². The maximum absolute atomic E-state index is 14.1. The smallest absolute Gasteiger partial charge is 0.216 e. The van der Waals surface area contributed by atoms with Crippen molar-refractivity contribution in [2.24, 2.45) is 5.10 Å². The van der Waals surface area contributed by atoms with Gasteiger partial charge in [-0.15, -0.1) is 0 Å². The molecule has 1 aromatic heterocycles. The first kappa shape index (κ1) is 17.8. The Hall–Kier alpha value is -3.00. The number of ether oxygens (including phenoxy) is 2. The minimum atomic E-state index is -0.402. The average Bonchev–Trinajstić information content (AvgIpc) is 3.02. The normalized spacial score (nSPS) is 11.0. The van der Waals surface area contributed by atoms with Gasteiger partial charge in [0, 0.05) is 0 Å². The van der Waals surface area contributed by atoms with Crippen molar-refractivity contribution in [1.29, 1.82) is 0 Å². The van der Waals surface area contributed by atoms with Gasteiger partial charge in [0.2, 0.25) is 4.77 Å². The number of methoxy groups -OCH3 is 1. The molecule has 0 saturated heterocycles. The standard InChI is InChI=1S/C18H17FN4O2S/c1-3-25-15-9-8-12(10-16(15)24-2)11-20-23-17(21-22-18(23)26)13-6-4-5-7-14(13)19/h4-11H,3H2,1-2H3,(H,22,26). The van der Waals surface area contributed by atoms with Gasteiger partial charge in [-0.3, -0.25) is 0 Å². The molecule has 6 nitrogen and oxygen atoms in total. The summed E-state index contributed by atoms with van der Waals surface area (Å²) < 4.78 is 26.5. The second kappa shape index (κ2) is 7.92. The highest BCUT2D eigenvalue weighted by Gasteiger charge is 2.12. The highest BCUT2D eigenvalue weighted by molar-refractivity contribution is 7.71. The minimum absolute atomic E-state index is 0.261. The Bertz CT molecular complexity index is 997. The van der Waals surface area contributed by atoms with E-state index in [4.69, 9.17) is 21.7 Å². The molecule has 0 aliphatic rings. The molecule has 0 atom stereocenters. The molecule has 0 spiro atoms. The number of aromatic nitrogens is 3. The summed E-state index contributed by atoms with van der Waals surface area (Å²) >= 11 is 5.20. The Balaban J connectivity index is 1.96. The van der Waals surface area contributed by atoms with Gasteiger partial charge in [0.15, 0.2) is 17.3 Å². The summed E-state index contributed by atoms with van der Waals surface area (Å²) in [4.78, 5) is 0. The summed E-state index contributed by atoms with van der Waals surface area (Å²) in [7, 11) is 1.57. The van der Waals surface area contributed by atoms with Gasteiger partial charge >= 0.3 is 0 Å². The van der Waals surface area contributed by atoms with Crippen molar-refractivity contribution in [3.05, 3.63) is 58.6 Å². The van der Waals surface area contributed by atoms with E-state index < -0.39 is 5.82 Å². The zero-order valence-corrected chi connectivity index (χ0v) is 15.1. The first-order valence-corrected chi connectivity index (χ1v) is 8.32. The lowest BCUT2D eigenvalue weighted by Crippen LogP contribution is -1.98. The maximum atomic E-state index is 14.1. The summed E-state index contributed by atoms with van der Waals surface area (Å²) in [5.41, 5.74) is 1.08. The van der Waals surface area contributed by atoms with Gasteiger partial charge in [-0.2, -0.15) is 14.9 Å². The molecule has 3 aromatic rings. The van der Waals surface area contributed by atoms with Crippen molar-refractivity contribution in [3.63, 3.8) is 0 Å². The van der Waals surface area contributed by atoms with Crippen LogP contribution in [0.15, 0.2) is 47.6 Å². The SMILES string of the molecule is CCOc1ccc(C=Nn2c(-c3ccccc3F)n[nH]c2=S)cc1OC. The zero-order chi connectivity index (χ0) is 18.5. The van der Waals surface area contributed by atoms with Crippen LogP contribution in [0.2, 0.25) is 0 Å². The van der Waals surface area contributed by atoms with E-state index in [0.29, 0.717) is 29.5 Å². The number of nitrogens with zero attached hydrogens (tertiary/aromatic N) is 3. The van der Waals surface area contributed by atoms with Crippen molar-refractivity contribution in [1.82, 2.24) is 14.9 Å². The number of nitrogens with one attached hydrogen (secondary N) is 1. The van der Waals surface area contributed by atoms with Crippen molar-refractivity contribution < 1.29 is 13.9 Å². The van der Waals surface area contributed by atoms with Crippen molar-refractivity contribution >= 4 is 18.4 Å². The number of hydrogen-bond donors (Lipinski definition) is 1. The summed E-state index contributed by atoms with van der Waals surface area (Å²) in [6, 6.07) is 11.7. The second-order valence-electron chi connectivity index (χ2n) is 5.23. The predicted octanol–water partition coefficient (Wildman–Crippen LogP) is 4.04. The van der Waals surface area contributed by atoms with E-state index >= 15 is 0 Å². The Morgan fingerprint density at radius 3 is 2.81 bits per heavy atom. The molecule has 0 bridgehead atoms. The lowest BCUT2D eigenvalue weighted by molar-refractivity contribution is 0.311. The first-order chi connectivity index (χ1) is 12.6. The molecule has 3 rings (SSSR count). The van der Waals surface area contributed by atoms with E-state index in [9.17, 15) is 4.39 Å². The fourth-order valence-electron chi connectivity index (χ4n) is 2.38. The second-order valence-corrected chi connectivity index (χ2v) is 5.62. The number of halogens is 1. The number of benzene rings is 2. The van der Waals surface area contributed by atoms with Gasteiger partial charge in [-0.25, -0.2) is 9.49 Å². The van der Waals surface area contributed by atoms with Crippen LogP contribution in [0.3, 0.4) is 0 Å². The molecule has 0 fully saturated rings. The Kier molecular flexibility index (Phi) is 5.43. The first-order valence-electron chi connectivity index (χ1n) is 7.91. The van der Waals surface area contributed by atoms with Crippen LogP contribution < -0.4 is 9.47 Å². The molecule has 8 heteroatoms. The number of rotatable bonds is 6. The van der Waals surface area contributed by atoms with Crippen LogP contribution in [-0.4, -0.2) is 34.8 Å². The van der Waals surface area contributed by atoms with Crippen molar-refractivity contribution in [2.75, 3.05) is 13.7 Å². The Morgan fingerprint density at radius 2 is 2.08 bits per heavy atom. The molecule has 0 unspecified atom stereocenters.